The fourth-order valence-corrected chi connectivity index (χ4v) is 3.66. The van der Waals surface area contributed by atoms with Gasteiger partial charge in [0, 0.05) is 25.7 Å². The van der Waals surface area contributed by atoms with Crippen molar-refractivity contribution in [1.82, 2.24) is 9.80 Å². The van der Waals surface area contributed by atoms with Gasteiger partial charge in [-0.1, -0.05) is 38.8 Å². The summed E-state index contributed by atoms with van der Waals surface area (Å²) in [5.74, 6) is 1.75. The van der Waals surface area contributed by atoms with E-state index < -0.39 is 0 Å². The van der Waals surface area contributed by atoms with Gasteiger partial charge in [-0.05, 0) is 56.4 Å². The first kappa shape index (κ1) is 20.8. The fourth-order valence-electron chi connectivity index (χ4n) is 3.39. The number of allylic oxidation sites excluding steroid dienone is 1. The van der Waals surface area contributed by atoms with Crippen molar-refractivity contribution in [2.45, 2.75) is 52.5 Å². The highest BCUT2D eigenvalue weighted by Crippen LogP contribution is 2.23. The van der Waals surface area contributed by atoms with E-state index in [0.29, 0.717) is 6.04 Å². The van der Waals surface area contributed by atoms with E-state index >= 15 is 0 Å². The molecule has 1 unspecified atom stereocenters. The topological polar surface area (TPSA) is 6.48 Å². The van der Waals surface area contributed by atoms with E-state index in [2.05, 4.69) is 62.6 Å². The van der Waals surface area contributed by atoms with E-state index in [9.17, 15) is 0 Å². The molecular formula is C20H38N2S. The molecule has 0 N–H and O–H groups in total. The Morgan fingerprint density at radius 1 is 1.35 bits per heavy atom. The summed E-state index contributed by atoms with van der Waals surface area (Å²) in [7, 11) is 2.29. The second kappa shape index (κ2) is 11.3. The van der Waals surface area contributed by atoms with Crippen LogP contribution in [-0.2, 0) is 0 Å². The molecule has 1 aliphatic rings. The minimum Gasteiger partial charge on any atom is -0.306 e. The highest BCUT2D eigenvalue weighted by atomic mass is 32.2. The zero-order valence-electron chi connectivity index (χ0n) is 16.1. The van der Waals surface area contributed by atoms with Crippen molar-refractivity contribution in [1.29, 1.82) is 0 Å². The molecule has 0 spiro atoms. The Hall–Kier alpha value is -0.250. The van der Waals surface area contributed by atoms with E-state index in [1.165, 1.54) is 50.3 Å². The van der Waals surface area contributed by atoms with Crippen molar-refractivity contribution in [3.8, 4) is 0 Å². The van der Waals surface area contributed by atoms with Gasteiger partial charge in [-0.3, -0.25) is 4.90 Å². The highest BCUT2D eigenvalue weighted by molar-refractivity contribution is 8.02. The van der Waals surface area contributed by atoms with Crippen LogP contribution in [0.4, 0.5) is 0 Å². The van der Waals surface area contributed by atoms with Crippen LogP contribution in [-0.4, -0.2) is 55.3 Å². The van der Waals surface area contributed by atoms with Crippen molar-refractivity contribution >= 4 is 11.8 Å². The predicted octanol–water partition coefficient (Wildman–Crippen LogP) is 4.89. The number of rotatable bonds is 12. The minimum atomic E-state index is 0.517. The summed E-state index contributed by atoms with van der Waals surface area (Å²) in [6, 6.07) is 0.517. The largest absolute Gasteiger partial charge is 0.306 e. The standard InChI is InChI=1S/C20H38N2S/c1-7-18(8-2)12-13-21(5)14-19-15-22(16-19)20(9-3)11-10-17(4)23-6/h9-10,18-20H,3,7-8,11-16H2,1-2,4-6H3/b17-10+. The molecule has 1 fully saturated rings. The summed E-state index contributed by atoms with van der Waals surface area (Å²) in [5, 5.41) is 0. The predicted molar refractivity (Wildman–Crippen MR) is 107 cm³/mol. The maximum atomic E-state index is 4.03. The molecule has 23 heavy (non-hydrogen) atoms. The zero-order valence-corrected chi connectivity index (χ0v) is 16.9. The smallest absolute Gasteiger partial charge is 0.0310 e. The van der Waals surface area contributed by atoms with Gasteiger partial charge in [0.05, 0.1) is 0 Å². The Morgan fingerprint density at radius 2 is 2.00 bits per heavy atom. The van der Waals surface area contributed by atoms with E-state index in [-0.39, 0.29) is 0 Å². The molecule has 0 amide bonds. The van der Waals surface area contributed by atoms with Crippen molar-refractivity contribution in [2.75, 3.05) is 39.5 Å². The van der Waals surface area contributed by atoms with Crippen LogP contribution in [0.1, 0.15) is 46.5 Å². The zero-order chi connectivity index (χ0) is 17.2. The first-order chi connectivity index (χ1) is 11.0. The van der Waals surface area contributed by atoms with Crippen molar-refractivity contribution in [3.63, 3.8) is 0 Å². The molecule has 1 heterocycles. The monoisotopic (exact) mass is 338 g/mol. The van der Waals surface area contributed by atoms with E-state index in [0.717, 1.165) is 18.3 Å². The van der Waals surface area contributed by atoms with E-state index in [1.807, 2.05) is 11.8 Å². The van der Waals surface area contributed by atoms with Gasteiger partial charge in [-0.2, -0.15) is 0 Å². The van der Waals surface area contributed by atoms with Gasteiger partial charge in [-0.15, -0.1) is 18.3 Å². The Labute approximate surface area is 149 Å². The maximum Gasteiger partial charge on any atom is 0.0310 e. The summed E-state index contributed by atoms with van der Waals surface area (Å²) < 4.78 is 0. The fraction of sp³-hybridized carbons (Fsp3) is 0.800. The van der Waals surface area contributed by atoms with E-state index in [1.54, 1.807) is 0 Å². The summed E-state index contributed by atoms with van der Waals surface area (Å²) in [6.45, 7) is 15.8. The van der Waals surface area contributed by atoms with Gasteiger partial charge in [0.25, 0.3) is 0 Å². The summed E-state index contributed by atoms with van der Waals surface area (Å²) in [4.78, 5) is 6.53. The second-order valence-electron chi connectivity index (χ2n) is 7.11. The summed E-state index contributed by atoms with van der Waals surface area (Å²) in [5.41, 5.74) is 0. The van der Waals surface area contributed by atoms with E-state index in [4.69, 9.17) is 0 Å². The third kappa shape index (κ3) is 7.45. The lowest BCUT2D eigenvalue weighted by Crippen LogP contribution is -2.54. The Morgan fingerprint density at radius 3 is 2.52 bits per heavy atom. The molecule has 0 saturated carbocycles. The number of likely N-dealkylation sites (tertiary alicyclic amines) is 1. The molecule has 134 valence electrons. The van der Waals surface area contributed by atoms with Crippen LogP contribution in [0.2, 0.25) is 0 Å². The minimum absolute atomic E-state index is 0.517. The van der Waals surface area contributed by atoms with Crippen molar-refractivity contribution < 1.29 is 0 Å². The van der Waals surface area contributed by atoms with Gasteiger partial charge in [-0.25, -0.2) is 0 Å². The third-order valence-electron chi connectivity index (χ3n) is 5.34. The highest BCUT2D eigenvalue weighted by Gasteiger charge is 2.31. The lowest BCUT2D eigenvalue weighted by atomic mass is 9.95. The molecule has 1 rings (SSSR count). The number of nitrogens with zero attached hydrogens (tertiary/aromatic N) is 2. The molecule has 1 atom stereocenters. The second-order valence-corrected chi connectivity index (χ2v) is 8.16. The van der Waals surface area contributed by atoms with Crippen LogP contribution in [0, 0.1) is 11.8 Å². The molecule has 2 nitrogen and oxygen atoms in total. The number of hydrogen-bond donors (Lipinski definition) is 0. The average Bonchev–Trinajstić information content (AvgIpc) is 2.53. The van der Waals surface area contributed by atoms with Crippen LogP contribution in [0.25, 0.3) is 0 Å². The molecule has 1 aliphatic heterocycles. The number of thioether (sulfide) groups is 1. The van der Waals surface area contributed by atoms with Crippen LogP contribution in [0.3, 0.4) is 0 Å². The average molecular weight is 339 g/mol. The number of hydrogen-bond acceptors (Lipinski definition) is 3. The van der Waals surface area contributed by atoms with Gasteiger partial charge in [0.15, 0.2) is 0 Å². The lowest BCUT2D eigenvalue weighted by Gasteiger charge is -2.44. The molecular weight excluding hydrogens is 300 g/mol. The lowest BCUT2D eigenvalue weighted by molar-refractivity contribution is 0.0509. The molecule has 0 bridgehead atoms. The first-order valence-electron chi connectivity index (χ1n) is 9.29. The molecule has 0 aromatic carbocycles. The third-order valence-corrected chi connectivity index (χ3v) is 6.15. The van der Waals surface area contributed by atoms with Crippen molar-refractivity contribution in [2.24, 2.45) is 11.8 Å². The van der Waals surface area contributed by atoms with Crippen LogP contribution in [0.5, 0.6) is 0 Å². The Bertz CT molecular complexity index is 357. The normalized spacial score (nSPS) is 18.5. The van der Waals surface area contributed by atoms with Crippen LogP contribution >= 0.6 is 11.8 Å². The van der Waals surface area contributed by atoms with Gasteiger partial charge in [0.1, 0.15) is 0 Å². The van der Waals surface area contributed by atoms with Gasteiger partial charge >= 0.3 is 0 Å². The summed E-state index contributed by atoms with van der Waals surface area (Å²) >= 11 is 1.84. The molecule has 1 saturated heterocycles. The molecule has 3 heteroatoms. The van der Waals surface area contributed by atoms with Crippen LogP contribution < -0.4 is 0 Å². The SMILES string of the molecule is C=CC(C/C=C(\C)SC)N1CC(CN(C)CCC(CC)CC)C1. The van der Waals surface area contributed by atoms with Crippen LogP contribution in [0.15, 0.2) is 23.6 Å². The molecule has 0 aliphatic carbocycles. The maximum absolute atomic E-state index is 4.03. The Kier molecular flexibility index (Phi) is 10.2. The van der Waals surface area contributed by atoms with Gasteiger partial charge < -0.3 is 4.90 Å². The molecule has 0 radical (unpaired) electrons. The summed E-state index contributed by atoms with van der Waals surface area (Å²) in [6.07, 6.45) is 11.7. The quantitative estimate of drug-likeness (QED) is 0.468. The van der Waals surface area contributed by atoms with Gasteiger partial charge in [0.2, 0.25) is 0 Å². The Balaban J connectivity index is 2.25. The molecule has 0 aromatic heterocycles. The molecule has 0 aromatic rings. The van der Waals surface area contributed by atoms with Crippen molar-refractivity contribution in [3.05, 3.63) is 23.6 Å². The first-order valence-corrected chi connectivity index (χ1v) is 10.5.